The first-order valence-electron chi connectivity index (χ1n) is 8.94. The van der Waals surface area contributed by atoms with E-state index in [1.54, 1.807) is 0 Å². The number of benzene rings is 2. The van der Waals surface area contributed by atoms with Crippen molar-refractivity contribution in [3.05, 3.63) is 65.4 Å². The monoisotopic (exact) mass is 346 g/mol. The molecule has 0 unspecified atom stereocenters. The van der Waals surface area contributed by atoms with Crippen LogP contribution in [0.25, 0.3) is 23.1 Å². The lowest BCUT2D eigenvalue weighted by Crippen LogP contribution is -2.51. The molecule has 1 atom stereocenters. The zero-order chi connectivity index (χ0) is 17.9. The van der Waals surface area contributed by atoms with Crippen molar-refractivity contribution in [3.8, 4) is 0 Å². The highest BCUT2D eigenvalue weighted by Crippen LogP contribution is 2.18. The van der Waals surface area contributed by atoms with E-state index in [0.717, 1.165) is 47.4 Å². The number of H-pyrrole nitrogens is 1. The van der Waals surface area contributed by atoms with Crippen molar-refractivity contribution >= 4 is 29.0 Å². The number of nitrogens with zero attached hydrogens (tertiary/aromatic N) is 2. The molecule has 5 heteroatoms. The average Bonchev–Trinajstić information content (AvgIpc) is 3.09. The summed E-state index contributed by atoms with van der Waals surface area (Å²) in [6, 6.07) is 16.2. The molecule has 2 heterocycles. The Kier molecular flexibility index (Phi) is 4.54. The van der Waals surface area contributed by atoms with E-state index < -0.39 is 0 Å². The summed E-state index contributed by atoms with van der Waals surface area (Å²) in [4.78, 5) is 14.5. The first-order valence-corrected chi connectivity index (χ1v) is 8.94. The summed E-state index contributed by atoms with van der Waals surface area (Å²) in [5.74, 6) is 0.104. The van der Waals surface area contributed by atoms with Gasteiger partial charge < -0.3 is 10.2 Å². The average molecular weight is 346 g/mol. The zero-order valence-corrected chi connectivity index (χ0v) is 14.8. The van der Waals surface area contributed by atoms with Gasteiger partial charge in [0.1, 0.15) is 0 Å². The van der Waals surface area contributed by atoms with Crippen LogP contribution in [0.2, 0.25) is 0 Å². The Morgan fingerprint density at radius 2 is 1.96 bits per heavy atom. The molecule has 0 aliphatic carbocycles. The van der Waals surface area contributed by atoms with E-state index in [0.29, 0.717) is 6.04 Å². The standard InChI is InChI=1S/C21H22N4O/c1-15-14-25(13-12-22-15)21(26)17-9-6-16(7-10-17)8-11-20-18-4-2-3-5-19(18)23-24-20/h2-11,15,22H,12-14H2,1H3,(H,23,24)/b11-8+/t15-/m1/s1. The molecule has 2 N–H and O–H groups in total. The molecule has 2 aromatic carbocycles. The fraction of sp³-hybridized carbons (Fsp3) is 0.238. The summed E-state index contributed by atoms with van der Waals surface area (Å²) in [5, 5.41) is 11.8. The number of hydrogen-bond donors (Lipinski definition) is 2. The van der Waals surface area contributed by atoms with Crippen molar-refractivity contribution in [2.45, 2.75) is 13.0 Å². The molecule has 0 spiro atoms. The SMILES string of the molecule is C[C@@H]1CN(C(=O)c2ccc(/C=C/c3n[nH]c4ccccc34)cc2)CCN1. The van der Waals surface area contributed by atoms with E-state index in [1.807, 2.05) is 59.5 Å². The first-order chi connectivity index (χ1) is 12.7. The minimum Gasteiger partial charge on any atom is -0.336 e. The van der Waals surface area contributed by atoms with Gasteiger partial charge in [0.2, 0.25) is 0 Å². The van der Waals surface area contributed by atoms with Gasteiger partial charge in [-0.15, -0.1) is 0 Å². The molecule has 1 aliphatic rings. The largest absolute Gasteiger partial charge is 0.336 e. The number of amides is 1. The number of hydrogen-bond acceptors (Lipinski definition) is 3. The zero-order valence-electron chi connectivity index (χ0n) is 14.8. The molecule has 26 heavy (non-hydrogen) atoms. The van der Waals surface area contributed by atoms with Crippen LogP contribution >= 0.6 is 0 Å². The van der Waals surface area contributed by atoms with Crippen LogP contribution in [0.3, 0.4) is 0 Å². The summed E-state index contributed by atoms with van der Waals surface area (Å²) >= 11 is 0. The number of aromatic amines is 1. The van der Waals surface area contributed by atoms with Gasteiger partial charge in [0.05, 0.1) is 11.2 Å². The molecule has 4 rings (SSSR count). The normalized spacial score (nSPS) is 17.9. The Morgan fingerprint density at radius 3 is 2.77 bits per heavy atom. The van der Waals surface area contributed by atoms with Gasteiger partial charge in [0.25, 0.3) is 5.91 Å². The first kappa shape index (κ1) is 16.5. The van der Waals surface area contributed by atoms with Crippen molar-refractivity contribution in [1.29, 1.82) is 0 Å². The van der Waals surface area contributed by atoms with E-state index in [-0.39, 0.29) is 5.91 Å². The second kappa shape index (κ2) is 7.14. The second-order valence-electron chi connectivity index (χ2n) is 6.72. The van der Waals surface area contributed by atoms with E-state index in [2.05, 4.69) is 28.5 Å². The Hall–Kier alpha value is -2.92. The van der Waals surface area contributed by atoms with Crippen LogP contribution in [0.1, 0.15) is 28.5 Å². The molecule has 1 fully saturated rings. The number of nitrogens with one attached hydrogen (secondary N) is 2. The van der Waals surface area contributed by atoms with Crippen LogP contribution in [0.5, 0.6) is 0 Å². The van der Waals surface area contributed by atoms with Gasteiger partial charge >= 0.3 is 0 Å². The van der Waals surface area contributed by atoms with Gasteiger partial charge in [-0.25, -0.2) is 0 Å². The molecule has 5 nitrogen and oxygen atoms in total. The minimum atomic E-state index is 0.104. The maximum atomic E-state index is 12.6. The highest BCUT2D eigenvalue weighted by atomic mass is 16.2. The molecular weight excluding hydrogens is 324 g/mol. The van der Waals surface area contributed by atoms with Crippen LogP contribution in [-0.4, -0.2) is 46.7 Å². The Balaban J connectivity index is 1.48. The quantitative estimate of drug-likeness (QED) is 0.766. The third-order valence-corrected chi connectivity index (χ3v) is 4.75. The maximum absolute atomic E-state index is 12.6. The molecule has 3 aromatic rings. The highest BCUT2D eigenvalue weighted by molar-refractivity contribution is 5.95. The van der Waals surface area contributed by atoms with Crippen molar-refractivity contribution < 1.29 is 4.79 Å². The minimum absolute atomic E-state index is 0.104. The fourth-order valence-corrected chi connectivity index (χ4v) is 3.32. The Morgan fingerprint density at radius 1 is 1.15 bits per heavy atom. The summed E-state index contributed by atoms with van der Waals surface area (Å²) in [6.07, 6.45) is 4.01. The summed E-state index contributed by atoms with van der Waals surface area (Å²) < 4.78 is 0. The van der Waals surface area contributed by atoms with Crippen molar-refractivity contribution in [2.75, 3.05) is 19.6 Å². The van der Waals surface area contributed by atoms with Gasteiger partial charge in [0, 0.05) is 36.6 Å². The number of aromatic nitrogens is 2. The molecule has 0 saturated carbocycles. The molecule has 132 valence electrons. The predicted octanol–water partition coefficient (Wildman–Crippen LogP) is 3.17. The van der Waals surface area contributed by atoms with Crippen LogP contribution in [0.15, 0.2) is 48.5 Å². The fourth-order valence-electron chi connectivity index (χ4n) is 3.32. The van der Waals surface area contributed by atoms with Crippen LogP contribution in [0, 0.1) is 0 Å². The Bertz CT molecular complexity index is 942. The molecule has 1 amide bonds. The van der Waals surface area contributed by atoms with E-state index >= 15 is 0 Å². The smallest absolute Gasteiger partial charge is 0.253 e. The van der Waals surface area contributed by atoms with E-state index in [1.165, 1.54) is 0 Å². The molecule has 0 bridgehead atoms. The van der Waals surface area contributed by atoms with Gasteiger partial charge in [-0.3, -0.25) is 9.89 Å². The summed E-state index contributed by atoms with van der Waals surface area (Å²) in [5.41, 5.74) is 3.72. The van der Waals surface area contributed by atoms with Crippen LogP contribution in [-0.2, 0) is 0 Å². The molecule has 1 aliphatic heterocycles. The van der Waals surface area contributed by atoms with Crippen molar-refractivity contribution in [1.82, 2.24) is 20.4 Å². The summed E-state index contributed by atoms with van der Waals surface area (Å²) in [7, 11) is 0. The summed E-state index contributed by atoms with van der Waals surface area (Å²) in [6.45, 7) is 4.47. The number of fused-ring (bicyclic) bond motifs is 1. The highest BCUT2D eigenvalue weighted by Gasteiger charge is 2.21. The van der Waals surface area contributed by atoms with Gasteiger partial charge in [-0.2, -0.15) is 5.10 Å². The van der Waals surface area contributed by atoms with E-state index in [4.69, 9.17) is 0 Å². The van der Waals surface area contributed by atoms with Gasteiger partial charge in [-0.05, 0) is 36.8 Å². The predicted molar refractivity (Wildman–Crippen MR) is 105 cm³/mol. The molecule has 1 saturated heterocycles. The topological polar surface area (TPSA) is 61.0 Å². The lowest BCUT2D eigenvalue weighted by atomic mass is 10.1. The van der Waals surface area contributed by atoms with Crippen LogP contribution in [0.4, 0.5) is 0 Å². The lowest BCUT2D eigenvalue weighted by molar-refractivity contribution is 0.0709. The van der Waals surface area contributed by atoms with Crippen molar-refractivity contribution in [3.63, 3.8) is 0 Å². The number of carbonyl (C=O) groups is 1. The van der Waals surface area contributed by atoms with Gasteiger partial charge in [-0.1, -0.05) is 36.4 Å². The lowest BCUT2D eigenvalue weighted by Gasteiger charge is -2.32. The number of rotatable bonds is 3. The number of piperazine rings is 1. The number of carbonyl (C=O) groups excluding carboxylic acids is 1. The van der Waals surface area contributed by atoms with E-state index in [9.17, 15) is 4.79 Å². The number of para-hydroxylation sites is 1. The maximum Gasteiger partial charge on any atom is 0.253 e. The van der Waals surface area contributed by atoms with Gasteiger partial charge in [0.15, 0.2) is 0 Å². The molecule has 0 radical (unpaired) electrons. The second-order valence-corrected chi connectivity index (χ2v) is 6.72. The third-order valence-electron chi connectivity index (χ3n) is 4.75. The van der Waals surface area contributed by atoms with Crippen LogP contribution < -0.4 is 5.32 Å². The molecule has 1 aromatic heterocycles. The Labute approximate surface area is 152 Å². The van der Waals surface area contributed by atoms with Crippen molar-refractivity contribution in [2.24, 2.45) is 0 Å². The third kappa shape index (κ3) is 3.39. The molecular formula is C21H22N4O.